The van der Waals surface area contributed by atoms with Gasteiger partial charge in [0.1, 0.15) is 11.5 Å². The second-order valence-corrected chi connectivity index (χ2v) is 8.31. The lowest BCUT2D eigenvalue weighted by Crippen LogP contribution is -2.32. The maximum absolute atomic E-state index is 13.0. The number of benzene rings is 2. The Morgan fingerprint density at radius 3 is 2.28 bits per heavy atom. The van der Waals surface area contributed by atoms with Gasteiger partial charge in [-0.1, -0.05) is 45.0 Å². The van der Waals surface area contributed by atoms with Gasteiger partial charge in [-0.2, -0.15) is 0 Å². The number of rotatable bonds is 9. The van der Waals surface area contributed by atoms with Gasteiger partial charge in [-0.15, -0.1) is 0 Å². The molecule has 1 saturated heterocycles. The van der Waals surface area contributed by atoms with Crippen molar-refractivity contribution in [1.82, 2.24) is 4.90 Å². The number of ether oxygens (including phenoxy) is 2. The first-order valence-electron chi connectivity index (χ1n) is 11.0. The zero-order valence-electron chi connectivity index (χ0n) is 19.1. The number of amides is 1. The second kappa shape index (κ2) is 10.5. The number of aryl methyl sites for hydroxylation is 1. The number of hydrogen-bond acceptors (Lipinski definition) is 5. The number of Topliss-reactive ketones (excluding diaryl/α,β-unsaturated/α-hetero) is 1. The highest BCUT2D eigenvalue weighted by molar-refractivity contribution is 6.46. The van der Waals surface area contributed by atoms with Crippen LogP contribution in [-0.2, 0) is 20.7 Å². The summed E-state index contributed by atoms with van der Waals surface area (Å²) in [6.45, 7) is 7.32. The number of aliphatic hydroxyl groups is 1. The van der Waals surface area contributed by atoms with Crippen molar-refractivity contribution in [2.24, 2.45) is 5.92 Å². The van der Waals surface area contributed by atoms with Crippen LogP contribution >= 0.6 is 0 Å². The van der Waals surface area contributed by atoms with Crippen LogP contribution in [0.4, 0.5) is 0 Å². The predicted molar refractivity (Wildman–Crippen MR) is 123 cm³/mol. The van der Waals surface area contributed by atoms with Crippen LogP contribution in [-0.4, -0.2) is 48.6 Å². The van der Waals surface area contributed by atoms with Crippen molar-refractivity contribution in [3.8, 4) is 5.75 Å². The van der Waals surface area contributed by atoms with E-state index in [2.05, 4.69) is 20.8 Å². The van der Waals surface area contributed by atoms with E-state index in [1.807, 2.05) is 24.3 Å². The maximum atomic E-state index is 13.0. The fraction of sp³-hybridized carbons (Fsp3) is 0.385. The lowest BCUT2D eigenvalue weighted by molar-refractivity contribution is -0.140. The van der Waals surface area contributed by atoms with Gasteiger partial charge in [-0.3, -0.25) is 9.59 Å². The summed E-state index contributed by atoms with van der Waals surface area (Å²) in [5, 5.41) is 11.1. The summed E-state index contributed by atoms with van der Waals surface area (Å²) in [5.74, 6) is -0.440. The van der Waals surface area contributed by atoms with Crippen molar-refractivity contribution >= 4 is 17.4 Å². The number of carbonyl (C=O) groups is 2. The molecule has 0 bridgehead atoms. The quantitative estimate of drug-likeness (QED) is 0.359. The molecule has 6 heteroatoms. The van der Waals surface area contributed by atoms with Crippen molar-refractivity contribution in [2.45, 2.75) is 33.2 Å². The standard InChI is InChI=1S/C26H31NO5/c1-5-18-6-8-19(9-7-18)23-22(25(29)26(30)27(23)14-15-31-4)24(28)20-10-12-21(13-11-20)32-16-17(2)3/h6-13,17,23,28H,5,14-16H2,1-4H3/b24-22+. The van der Waals surface area contributed by atoms with Gasteiger partial charge < -0.3 is 19.5 Å². The van der Waals surface area contributed by atoms with E-state index in [1.54, 1.807) is 31.4 Å². The second-order valence-electron chi connectivity index (χ2n) is 8.31. The molecule has 1 unspecified atom stereocenters. The van der Waals surface area contributed by atoms with Crippen LogP contribution < -0.4 is 4.74 Å². The van der Waals surface area contributed by atoms with Crippen LogP contribution in [0.5, 0.6) is 5.75 Å². The highest BCUT2D eigenvalue weighted by Crippen LogP contribution is 2.39. The van der Waals surface area contributed by atoms with E-state index >= 15 is 0 Å². The molecule has 2 aromatic rings. The lowest BCUT2D eigenvalue weighted by Gasteiger charge is -2.25. The molecule has 32 heavy (non-hydrogen) atoms. The Morgan fingerprint density at radius 2 is 1.72 bits per heavy atom. The van der Waals surface area contributed by atoms with Gasteiger partial charge in [-0.05, 0) is 47.7 Å². The Hall–Kier alpha value is -3.12. The molecule has 0 radical (unpaired) electrons. The van der Waals surface area contributed by atoms with Crippen molar-refractivity contribution in [3.05, 3.63) is 70.8 Å². The molecule has 1 heterocycles. The van der Waals surface area contributed by atoms with Crippen molar-refractivity contribution in [1.29, 1.82) is 0 Å². The minimum Gasteiger partial charge on any atom is -0.507 e. The van der Waals surface area contributed by atoms with Crippen molar-refractivity contribution in [3.63, 3.8) is 0 Å². The largest absolute Gasteiger partial charge is 0.507 e. The maximum Gasteiger partial charge on any atom is 0.295 e. The van der Waals surface area contributed by atoms with E-state index in [-0.39, 0.29) is 17.9 Å². The summed E-state index contributed by atoms with van der Waals surface area (Å²) in [6.07, 6.45) is 0.884. The average molecular weight is 438 g/mol. The van der Waals surface area contributed by atoms with E-state index in [0.29, 0.717) is 30.4 Å². The van der Waals surface area contributed by atoms with Crippen molar-refractivity contribution < 1.29 is 24.2 Å². The van der Waals surface area contributed by atoms with E-state index in [9.17, 15) is 14.7 Å². The molecule has 2 aromatic carbocycles. The summed E-state index contributed by atoms with van der Waals surface area (Å²) in [4.78, 5) is 27.3. The van der Waals surface area contributed by atoms with Gasteiger partial charge >= 0.3 is 0 Å². The summed E-state index contributed by atoms with van der Waals surface area (Å²) < 4.78 is 10.8. The minimum absolute atomic E-state index is 0.0891. The highest BCUT2D eigenvalue weighted by atomic mass is 16.5. The Kier molecular flexibility index (Phi) is 7.70. The normalized spacial score (nSPS) is 17.9. The minimum atomic E-state index is -0.691. The van der Waals surface area contributed by atoms with Crippen LogP contribution in [0.25, 0.3) is 5.76 Å². The smallest absolute Gasteiger partial charge is 0.295 e. The third-order valence-electron chi connectivity index (χ3n) is 5.49. The molecule has 6 nitrogen and oxygen atoms in total. The molecule has 1 aliphatic heterocycles. The molecular weight excluding hydrogens is 406 g/mol. The van der Waals surface area contributed by atoms with Crippen LogP contribution in [0.1, 0.15) is 43.5 Å². The molecule has 0 saturated carbocycles. The van der Waals surface area contributed by atoms with Crippen LogP contribution in [0.15, 0.2) is 54.1 Å². The average Bonchev–Trinajstić information content (AvgIpc) is 3.06. The molecular formula is C26H31NO5. The number of hydrogen-bond donors (Lipinski definition) is 1. The van der Waals surface area contributed by atoms with Gasteiger partial charge in [0.15, 0.2) is 0 Å². The fourth-order valence-corrected chi connectivity index (χ4v) is 3.71. The zero-order chi connectivity index (χ0) is 23.3. The number of nitrogens with zero attached hydrogens (tertiary/aromatic N) is 1. The molecule has 170 valence electrons. The topological polar surface area (TPSA) is 76.1 Å². The summed E-state index contributed by atoms with van der Waals surface area (Å²) in [7, 11) is 1.55. The van der Waals surface area contributed by atoms with E-state index < -0.39 is 17.7 Å². The van der Waals surface area contributed by atoms with Gasteiger partial charge in [0, 0.05) is 19.2 Å². The Morgan fingerprint density at radius 1 is 1.06 bits per heavy atom. The third-order valence-corrected chi connectivity index (χ3v) is 5.49. The number of likely N-dealkylation sites (tertiary alicyclic amines) is 1. The van der Waals surface area contributed by atoms with Gasteiger partial charge in [0.05, 0.1) is 24.8 Å². The molecule has 1 aliphatic rings. The Labute approximate surface area is 189 Å². The van der Waals surface area contributed by atoms with Gasteiger partial charge in [-0.25, -0.2) is 0 Å². The highest BCUT2D eigenvalue weighted by Gasteiger charge is 2.45. The summed E-state index contributed by atoms with van der Waals surface area (Å²) in [6, 6.07) is 14.0. The van der Waals surface area contributed by atoms with Gasteiger partial charge in [0.25, 0.3) is 11.7 Å². The summed E-state index contributed by atoms with van der Waals surface area (Å²) >= 11 is 0. The number of aliphatic hydroxyl groups excluding tert-OH is 1. The van der Waals surface area contributed by atoms with Crippen LogP contribution in [0.2, 0.25) is 0 Å². The number of methoxy groups -OCH3 is 1. The number of ketones is 1. The fourth-order valence-electron chi connectivity index (χ4n) is 3.71. The number of carbonyl (C=O) groups excluding carboxylic acids is 2. The molecule has 0 aromatic heterocycles. The van der Waals surface area contributed by atoms with E-state index in [1.165, 1.54) is 4.90 Å². The third kappa shape index (κ3) is 5.02. The van der Waals surface area contributed by atoms with Crippen molar-refractivity contribution in [2.75, 3.05) is 26.9 Å². The molecule has 1 fully saturated rings. The Balaban J connectivity index is 2.02. The van der Waals surface area contributed by atoms with Crippen LogP contribution in [0.3, 0.4) is 0 Å². The molecule has 0 spiro atoms. The molecule has 3 rings (SSSR count). The molecule has 1 N–H and O–H groups in total. The molecule has 0 aliphatic carbocycles. The zero-order valence-corrected chi connectivity index (χ0v) is 19.1. The molecule has 1 amide bonds. The first-order chi connectivity index (χ1) is 15.4. The van der Waals surface area contributed by atoms with E-state index in [4.69, 9.17) is 9.47 Å². The SMILES string of the molecule is CCc1ccc(C2/C(=C(\O)c3ccc(OCC(C)C)cc3)C(=O)C(=O)N2CCOC)cc1. The first-order valence-corrected chi connectivity index (χ1v) is 11.0. The summed E-state index contributed by atoms with van der Waals surface area (Å²) in [5.41, 5.74) is 2.48. The van der Waals surface area contributed by atoms with Gasteiger partial charge in [0.2, 0.25) is 0 Å². The van der Waals surface area contributed by atoms with E-state index in [0.717, 1.165) is 17.5 Å². The monoisotopic (exact) mass is 437 g/mol. The van der Waals surface area contributed by atoms with Crippen LogP contribution in [0, 0.1) is 5.92 Å². The first kappa shape index (κ1) is 23.5. The Bertz CT molecular complexity index is 976. The lowest BCUT2D eigenvalue weighted by atomic mass is 9.94. The predicted octanol–water partition coefficient (Wildman–Crippen LogP) is 4.35. The molecule has 1 atom stereocenters.